The smallest absolute Gasteiger partial charge is 0.310 e. The molecule has 0 aromatic heterocycles. The van der Waals surface area contributed by atoms with Crippen molar-refractivity contribution in [3.05, 3.63) is 0 Å². The molecule has 5 heteroatoms. The molecular formula is C10H16O5. The van der Waals surface area contributed by atoms with Crippen LogP contribution in [-0.4, -0.2) is 47.2 Å². The van der Waals surface area contributed by atoms with Gasteiger partial charge in [0.2, 0.25) is 0 Å². The lowest BCUT2D eigenvalue weighted by Crippen LogP contribution is -2.34. The molecule has 0 amide bonds. The van der Waals surface area contributed by atoms with Crippen molar-refractivity contribution in [2.75, 3.05) is 13.2 Å². The van der Waals surface area contributed by atoms with Gasteiger partial charge in [-0.15, -0.1) is 0 Å². The summed E-state index contributed by atoms with van der Waals surface area (Å²) in [6.07, 6.45) is 1.79. The Kier molecular flexibility index (Phi) is 1.95. The first-order valence-corrected chi connectivity index (χ1v) is 5.42. The fourth-order valence-corrected chi connectivity index (χ4v) is 2.34. The van der Waals surface area contributed by atoms with Crippen LogP contribution in [0.1, 0.15) is 19.8 Å². The normalized spacial score (nSPS) is 47.4. The fraction of sp³-hybridized carbons (Fsp3) is 1.00. The van der Waals surface area contributed by atoms with E-state index in [0.29, 0.717) is 13.0 Å². The van der Waals surface area contributed by atoms with Crippen LogP contribution in [-0.2, 0) is 14.2 Å². The summed E-state index contributed by atoms with van der Waals surface area (Å²) >= 11 is 0. The van der Waals surface area contributed by atoms with E-state index in [2.05, 4.69) is 0 Å². The van der Waals surface area contributed by atoms with Gasteiger partial charge in [-0.2, -0.15) is 0 Å². The molecular weight excluding hydrogens is 200 g/mol. The van der Waals surface area contributed by atoms with Crippen LogP contribution in [0.2, 0.25) is 0 Å². The third kappa shape index (κ3) is 1.68. The lowest BCUT2D eigenvalue weighted by molar-refractivity contribution is -0.153. The van der Waals surface area contributed by atoms with E-state index in [-0.39, 0.29) is 18.1 Å². The Balaban J connectivity index is 1.66. The summed E-state index contributed by atoms with van der Waals surface area (Å²) in [5.74, 6) is -1.89. The Morgan fingerprint density at radius 1 is 1.27 bits per heavy atom. The van der Waals surface area contributed by atoms with E-state index in [4.69, 9.17) is 14.2 Å². The maximum atomic E-state index is 9.56. The SMILES string of the molecule is CC(CC1CO1)C1(CC2CO2)OC1(O)O. The Labute approximate surface area is 87.9 Å². The molecule has 0 spiro atoms. The monoisotopic (exact) mass is 216 g/mol. The molecule has 0 saturated carbocycles. The van der Waals surface area contributed by atoms with Gasteiger partial charge < -0.3 is 24.4 Å². The van der Waals surface area contributed by atoms with Gasteiger partial charge in [0.05, 0.1) is 25.4 Å². The summed E-state index contributed by atoms with van der Waals surface area (Å²) in [4.78, 5) is 0. The molecule has 15 heavy (non-hydrogen) atoms. The van der Waals surface area contributed by atoms with E-state index in [1.807, 2.05) is 6.92 Å². The largest absolute Gasteiger partial charge is 0.373 e. The van der Waals surface area contributed by atoms with E-state index >= 15 is 0 Å². The lowest BCUT2D eigenvalue weighted by atomic mass is 9.85. The van der Waals surface area contributed by atoms with Gasteiger partial charge in [0.25, 0.3) is 0 Å². The predicted octanol–water partition coefficient (Wildman–Crippen LogP) is -0.392. The first-order chi connectivity index (χ1) is 7.03. The summed E-state index contributed by atoms with van der Waals surface area (Å²) in [7, 11) is 0. The number of hydrogen-bond donors (Lipinski definition) is 2. The molecule has 3 rings (SSSR count). The summed E-state index contributed by atoms with van der Waals surface area (Å²) in [5, 5.41) is 19.1. The van der Waals surface area contributed by atoms with Crippen LogP contribution in [0, 0.1) is 5.92 Å². The molecule has 3 saturated heterocycles. The van der Waals surface area contributed by atoms with Crippen molar-refractivity contribution in [1.29, 1.82) is 0 Å². The lowest BCUT2D eigenvalue weighted by Gasteiger charge is -2.19. The van der Waals surface area contributed by atoms with E-state index in [0.717, 1.165) is 13.0 Å². The first-order valence-electron chi connectivity index (χ1n) is 5.42. The molecule has 0 aliphatic carbocycles. The van der Waals surface area contributed by atoms with E-state index in [1.54, 1.807) is 0 Å². The Bertz CT molecular complexity index is 271. The third-order valence-electron chi connectivity index (χ3n) is 3.58. The number of epoxide rings is 3. The second kappa shape index (κ2) is 2.93. The molecule has 86 valence electrons. The Morgan fingerprint density at radius 3 is 2.20 bits per heavy atom. The van der Waals surface area contributed by atoms with Gasteiger partial charge >= 0.3 is 5.97 Å². The molecule has 2 N–H and O–H groups in total. The van der Waals surface area contributed by atoms with Gasteiger partial charge in [-0.25, -0.2) is 0 Å². The summed E-state index contributed by atoms with van der Waals surface area (Å²) in [6.45, 7) is 3.45. The highest BCUT2D eigenvalue weighted by Crippen LogP contribution is 2.55. The first kappa shape index (κ1) is 9.99. The van der Waals surface area contributed by atoms with E-state index < -0.39 is 11.6 Å². The predicted molar refractivity (Wildman–Crippen MR) is 48.9 cm³/mol. The zero-order valence-electron chi connectivity index (χ0n) is 8.68. The molecule has 3 aliphatic heterocycles. The van der Waals surface area contributed by atoms with Crippen molar-refractivity contribution in [1.82, 2.24) is 0 Å². The quantitative estimate of drug-likeness (QED) is 0.483. The van der Waals surface area contributed by atoms with Gasteiger partial charge in [-0.3, -0.25) is 0 Å². The highest BCUT2D eigenvalue weighted by molar-refractivity contribution is 5.08. The van der Waals surface area contributed by atoms with Gasteiger partial charge in [0.1, 0.15) is 0 Å². The standard InChI is InChI=1S/C10H16O5/c1-6(2-7-4-13-7)9(3-8-5-14-8)10(11,12)15-9/h6-8,11-12H,2-5H2,1H3. The van der Waals surface area contributed by atoms with Crippen molar-refractivity contribution in [2.45, 2.75) is 43.5 Å². The van der Waals surface area contributed by atoms with E-state index in [1.165, 1.54) is 0 Å². The molecule has 0 aromatic rings. The summed E-state index contributed by atoms with van der Waals surface area (Å²) < 4.78 is 15.4. The Morgan fingerprint density at radius 2 is 1.80 bits per heavy atom. The van der Waals surface area contributed by atoms with Gasteiger partial charge in [-0.05, 0) is 12.3 Å². The van der Waals surface area contributed by atoms with Crippen molar-refractivity contribution in [3.63, 3.8) is 0 Å². The second-order valence-electron chi connectivity index (χ2n) is 4.85. The zero-order valence-corrected chi connectivity index (χ0v) is 8.68. The summed E-state index contributed by atoms with van der Waals surface area (Å²) in [5.41, 5.74) is -0.833. The minimum Gasteiger partial charge on any atom is -0.373 e. The molecule has 5 nitrogen and oxygen atoms in total. The summed E-state index contributed by atoms with van der Waals surface area (Å²) in [6, 6.07) is 0. The minimum atomic E-state index is -1.97. The van der Waals surface area contributed by atoms with Crippen LogP contribution >= 0.6 is 0 Å². The second-order valence-corrected chi connectivity index (χ2v) is 4.85. The van der Waals surface area contributed by atoms with Crippen LogP contribution in [0.15, 0.2) is 0 Å². The van der Waals surface area contributed by atoms with Crippen LogP contribution in [0.3, 0.4) is 0 Å². The molecule has 0 aromatic carbocycles. The molecule has 0 radical (unpaired) electrons. The van der Waals surface area contributed by atoms with Crippen molar-refractivity contribution >= 4 is 0 Å². The number of aliphatic hydroxyl groups is 2. The van der Waals surface area contributed by atoms with Crippen molar-refractivity contribution < 1.29 is 24.4 Å². The van der Waals surface area contributed by atoms with Crippen molar-refractivity contribution in [3.8, 4) is 0 Å². The van der Waals surface area contributed by atoms with Gasteiger partial charge in [0.15, 0.2) is 5.60 Å². The van der Waals surface area contributed by atoms with Crippen LogP contribution < -0.4 is 0 Å². The molecule has 0 bridgehead atoms. The molecule has 4 atom stereocenters. The molecule has 3 heterocycles. The topological polar surface area (TPSA) is 78.0 Å². The number of hydrogen-bond acceptors (Lipinski definition) is 5. The van der Waals surface area contributed by atoms with Crippen molar-refractivity contribution in [2.24, 2.45) is 5.92 Å². The maximum absolute atomic E-state index is 9.56. The molecule has 4 unspecified atom stereocenters. The number of ether oxygens (including phenoxy) is 3. The van der Waals surface area contributed by atoms with Crippen LogP contribution in [0.25, 0.3) is 0 Å². The maximum Gasteiger partial charge on any atom is 0.310 e. The van der Waals surface area contributed by atoms with Gasteiger partial charge in [0, 0.05) is 6.42 Å². The highest BCUT2D eigenvalue weighted by atomic mass is 16.9. The minimum absolute atomic E-state index is 0.0733. The highest BCUT2D eigenvalue weighted by Gasteiger charge is 2.73. The fourth-order valence-electron chi connectivity index (χ4n) is 2.34. The van der Waals surface area contributed by atoms with Crippen LogP contribution in [0.4, 0.5) is 0 Å². The average molecular weight is 216 g/mol. The van der Waals surface area contributed by atoms with E-state index in [9.17, 15) is 10.2 Å². The van der Waals surface area contributed by atoms with Gasteiger partial charge in [-0.1, -0.05) is 6.92 Å². The molecule has 3 fully saturated rings. The average Bonchev–Trinajstić information content (AvgIpc) is 2.95. The number of rotatable bonds is 5. The van der Waals surface area contributed by atoms with Crippen LogP contribution in [0.5, 0.6) is 0 Å². The third-order valence-corrected chi connectivity index (χ3v) is 3.58. The molecule has 3 aliphatic rings. The zero-order chi connectivity index (χ0) is 10.7. The Hall–Kier alpha value is -0.200.